The van der Waals surface area contributed by atoms with Gasteiger partial charge in [0.05, 0.1) is 0 Å². The van der Waals surface area contributed by atoms with Crippen LogP contribution < -0.4 is 5.73 Å². The molecule has 1 aromatic rings. The molecule has 1 aliphatic heterocycles. The predicted octanol–water partition coefficient (Wildman–Crippen LogP) is 2.41. The van der Waals surface area contributed by atoms with Gasteiger partial charge in [-0.05, 0) is 43.2 Å². The van der Waals surface area contributed by atoms with Crippen molar-refractivity contribution in [3.63, 3.8) is 0 Å². The third-order valence-corrected chi connectivity index (χ3v) is 3.84. The molecule has 0 aromatic carbocycles. The minimum Gasteiger partial charge on any atom is -0.381 e. The maximum absolute atomic E-state index is 6.45. The van der Waals surface area contributed by atoms with Crippen LogP contribution in [0, 0.1) is 6.92 Å². The highest BCUT2D eigenvalue weighted by Crippen LogP contribution is 2.33. The van der Waals surface area contributed by atoms with E-state index in [2.05, 4.69) is 18.4 Å². The van der Waals surface area contributed by atoms with Gasteiger partial charge in [-0.3, -0.25) is 0 Å². The molecule has 1 aromatic heterocycles. The molecule has 0 saturated carbocycles. The van der Waals surface area contributed by atoms with Crippen molar-refractivity contribution in [1.82, 2.24) is 0 Å². The van der Waals surface area contributed by atoms with Crippen LogP contribution in [-0.4, -0.2) is 13.2 Å². The zero-order chi connectivity index (χ0) is 10.0. The summed E-state index contributed by atoms with van der Waals surface area (Å²) in [5.41, 5.74) is 7.64. The fourth-order valence-electron chi connectivity index (χ4n) is 2.14. The summed E-state index contributed by atoms with van der Waals surface area (Å²) >= 11 is 1.78. The Morgan fingerprint density at radius 3 is 3.00 bits per heavy atom. The first-order valence-electron chi connectivity index (χ1n) is 5.13. The zero-order valence-corrected chi connectivity index (χ0v) is 9.40. The lowest BCUT2D eigenvalue weighted by atomic mass is 9.84. The first-order valence-corrected chi connectivity index (χ1v) is 6.01. The summed E-state index contributed by atoms with van der Waals surface area (Å²) in [6.45, 7) is 3.81. The number of hydrogen-bond acceptors (Lipinski definition) is 3. The van der Waals surface area contributed by atoms with Crippen LogP contribution in [0.1, 0.15) is 29.7 Å². The molecule has 0 spiro atoms. The van der Waals surface area contributed by atoms with E-state index in [-0.39, 0.29) is 5.54 Å². The van der Waals surface area contributed by atoms with Crippen molar-refractivity contribution >= 4 is 11.3 Å². The fourth-order valence-corrected chi connectivity index (χ4v) is 2.95. The molecule has 14 heavy (non-hydrogen) atoms. The van der Waals surface area contributed by atoms with Gasteiger partial charge in [0.25, 0.3) is 0 Å². The molecule has 2 heterocycles. The Bertz CT molecular complexity index is 300. The van der Waals surface area contributed by atoms with Crippen LogP contribution in [0.3, 0.4) is 0 Å². The van der Waals surface area contributed by atoms with Gasteiger partial charge in [-0.15, -0.1) is 11.3 Å². The molecular weight excluding hydrogens is 194 g/mol. The lowest BCUT2D eigenvalue weighted by Gasteiger charge is -2.27. The molecule has 0 bridgehead atoms. The van der Waals surface area contributed by atoms with E-state index in [0.717, 1.165) is 32.5 Å². The summed E-state index contributed by atoms with van der Waals surface area (Å²) in [4.78, 5) is 1.36. The smallest absolute Gasteiger partial charge is 0.0486 e. The van der Waals surface area contributed by atoms with Crippen LogP contribution in [0.15, 0.2) is 11.4 Å². The highest BCUT2D eigenvalue weighted by atomic mass is 32.1. The van der Waals surface area contributed by atoms with Crippen molar-refractivity contribution in [3.8, 4) is 0 Å². The molecule has 1 unspecified atom stereocenters. The van der Waals surface area contributed by atoms with Crippen molar-refractivity contribution in [2.75, 3.05) is 13.2 Å². The molecule has 1 aliphatic rings. The Morgan fingerprint density at radius 2 is 2.29 bits per heavy atom. The normalized spacial score (nSPS) is 28.7. The standard InChI is InChI=1S/C11H17NOS/c1-9-10(3-8-14-9)11(12)4-2-6-13-7-5-11/h3,8H,2,4-7,12H2,1H3. The number of hydrogen-bond donors (Lipinski definition) is 1. The van der Waals surface area contributed by atoms with Gasteiger partial charge in [-0.25, -0.2) is 0 Å². The number of thiophene rings is 1. The summed E-state index contributed by atoms with van der Waals surface area (Å²) in [7, 11) is 0. The highest BCUT2D eigenvalue weighted by Gasteiger charge is 2.30. The monoisotopic (exact) mass is 211 g/mol. The molecule has 0 aliphatic carbocycles. The molecule has 0 amide bonds. The van der Waals surface area contributed by atoms with Gasteiger partial charge in [-0.2, -0.15) is 0 Å². The van der Waals surface area contributed by atoms with Crippen molar-refractivity contribution < 1.29 is 4.74 Å². The summed E-state index contributed by atoms with van der Waals surface area (Å²) in [6, 6.07) is 2.17. The molecule has 2 rings (SSSR count). The Morgan fingerprint density at radius 1 is 1.43 bits per heavy atom. The first-order chi connectivity index (χ1) is 6.72. The highest BCUT2D eigenvalue weighted by molar-refractivity contribution is 7.10. The Balaban J connectivity index is 2.25. The number of ether oxygens (including phenoxy) is 1. The van der Waals surface area contributed by atoms with E-state index >= 15 is 0 Å². The predicted molar refractivity (Wildman–Crippen MR) is 59.6 cm³/mol. The van der Waals surface area contributed by atoms with E-state index in [9.17, 15) is 0 Å². The van der Waals surface area contributed by atoms with E-state index in [1.165, 1.54) is 10.4 Å². The zero-order valence-electron chi connectivity index (χ0n) is 8.58. The Hall–Kier alpha value is -0.380. The van der Waals surface area contributed by atoms with Gasteiger partial charge in [0.1, 0.15) is 0 Å². The van der Waals surface area contributed by atoms with E-state index in [0.29, 0.717) is 0 Å². The van der Waals surface area contributed by atoms with Gasteiger partial charge in [0.15, 0.2) is 0 Å². The van der Waals surface area contributed by atoms with Crippen LogP contribution in [0.25, 0.3) is 0 Å². The van der Waals surface area contributed by atoms with Crippen molar-refractivity contribution in [1.29, 1.82) is 0 Å². The quantitative estimate of drug-likeness (QED) is 0.774. The van der Waals surface area contributed by atoms with E-state index < -0.39 is 0 Å². The van der Waals surface area contributed by atoms with E-state index in [4.69, 9.17) is 10.5 Å². The Labute approximate surface area is 89.1 Å². The van der Waals surface area contributed by atoms with Crippen LogP contribution >= 0.6 is 11.3 Å². The Kier molecular flexibility index (Phi) is 2.91. The number of rotatable bonds is 1. The molecule has 1 fully saturated rings. The maximum atomic E-state index is 6.45. The lowest BCUT2D eigenvalue weighted by molar-refractivity contribution is 0.139. The van der Waals surface area contributed by atoms with Crippen molar-refractivity contribution in [2.24, 2.45) is 5.73 Å². The molecule has 3 heteroatoms. The van der Waals surface area contributed by atoms with Gasteiger partial charge in [0, 0.05) is 23.6 Å². The second-order valence-electron chi connectivity index (χ2n) is 4.01. The molecule has 1 saturated heterocycles. The number of nitrogens with two attached hydrogens (primary N) is 1. The van der Waals surface area contributed by atoms with Gasteiger partial charge < -0.3 is 10.5 Å². The molecule has 0 radical (unpaired) electrons. The molecule has 1 atom stereocenters. The van der Waals surface area contributed by atoms with E-state index in [1.54, 1.807) is 11.3 Å². The summed E-state index contributed by atoms with van der Waals surface area (Å²) in [6.07, 6.45) is 3.07. The minimum atomic E-state index is -0.138. The molecule has 78 valence electrons. The van der Waals surface area contributed by atoms with Gasteiger partial charge in [0.2, 0.25) is 0 Å². The molecule has 2 N–H and O–H groups in total. The maximum Gasteiger partial charge on any atom is 0.0486 e. The van der Waals surface area contributed by atoms with Gasteiger partial charge >= 0.3 is 0 Å². The number of aryl methyl sites for hydroxylation is 1. The largest absolute Gasteiger partial charge is 0.381 e. The van der Waals surface area contributed by atoms with Crippen LogP contribution in [0.5, 0.6) is 0 Å². The van der Waals surface area contributed by atoms with Crippen LogP contribution in [0.4, 0.5) is 0 Å². The second-order valence-corrected chi connectivity index (χ2v) is 5.13. The SMILES string of the molecule is Cc1sccc1C1(N)CCCOCC1. The topological polar surface area (TPSA) is 35.2 Å². The van der Waals surface area contributed by atoms with Gasteiger partial charge in [-0.1, -0.05) is 0 Å². The summed E-state index contributed by atoms with van der Waals surface area (Å²) in [5.74, 6) is 0. The third-order valence-electron chi connectivity index (χ3n) is 3.00. The fraction of sp³-hybridized carbons (Fsp3) is 0.636. The third kappa shape index (κ3) is 1.85. The van der Waals surface area contributed by atoms with Crippen LogP contribution in [0.2, 0.25) is 0 Å². The average Bonchev–Trinajstić information content (AvgIpc) is 2.46. The average molecular weight is 211 g/mol. The van der Waals surface area contributed by atoms with Crippen molar-refractivity contribution in [2.45, 2.75) is 31.7 Å². The van der Waals surface area contributed by atoms with E-state index in [1.807, 2.05) is 0 Å². The lowest BCUT2D eigenvalue weighted by Crippen LogP contribution is -2.37. The minimum absolute atomic E-state index is 0.138. The summed E-state index contributed by atoms with van der Waals surface area (Å²) < 4.78 is 5.45. The summed E-state index contributed by atoms with van der Waals surface area (Å²) in [5, 5.41) is 2.13. The van der Waals surface area contributed by atoms with Crippen LogP contribution in [-0.2, 0) is 10.3 Å². The van der Waals surface area contributed by atoms with Crippen molar-refractivity contribution in [3.05, 3.63) is 21.9 Å². The molecular formula is C11H17NOS. The molecule has 2 nitrogen and oxygen atoms in total. The second kappa shape index (κ2) is 4.01. The first kappa shape index (κ1) is 10.1.